The second-order valence-electron chi connectivity index (χ2n) is 8.89. The minimum Gasteiger partial charge on any atom is -0.494 e. The Hall–Kier alpha value is -4.37. The van der Waals surface area contributed by atoms with Crippen molar-refractivity contribution in [2.24, 2.45) is 0 Å². The molecule has 0 aliphatic rings. The molecule has 0 spiro atoms. The van der Waals surface area contributed by atoms with Crippen molar-refractivity contribution < 1.29 is 9.53 Å². The Kier molecular flexibility index (Phi) is 8.05. The zero-order chi connectivity index (χ0) is 26.4. The van der Waals surface area contributed by atoms with Gasteiger partial charge in [0, 0.05) is 38.6 Å². The molecule has 0 fully saturated rings. The summed E-state index contributed by atoms with van der Waals surface area (Å²) in [5.41, 5.74) is 3.19. The van der Waals surface area contributed by atoms with Crippen LogP contribution >= 0.6 is 0 Å². The number of fused-ring (bicyclic) bond motifs is 1. The highest BCUT2D eigenvalue weighted by molar-refractivity contribution is 6.02. The van der Waals surface area contributed by atoms with Gasteiger partial charge in [0.15, 0.2) is 0 Å². The van der Waals surface area contributed by atoms with Crippen LogP contribution < -0.4 is 20.3 Å². The molecule has 9 nitrogen and oxygen atoms in total. The van der Waals surface area contributed by atoms with Gasteiger partial charge in [-0.15, -0.1) is 0 Å². The smallest absolute Gasteiger partial charge is 0.248 e. The largest absolute Gasteiger partial charge is 0.494 e. The summed E-state index contributed by atoms with van der Waals surface area (Å²) in [4.78, 5) is 25.8. The monoisotopic (exact) mass is 499 g/mol. The number of para-hydroxylation sites is 1. The van der Waals surface area contributed by atoms with E-state index < -0.39 is 0 Å². The lowest BCUT2D eigenvalue weighted by atomic mass is 10.2. The molecule has 1 amide bonds. The molecule has 0 unspecified atom stereocenters. The van der Waals surface area contributed by atoms with E-state index in [1.807, 2.05) is 69.2 Å². The topological polar surface area (TPSA) is 87.5 Å². The van der Waals surface area contributed by atoms with E-state index >= 15 is 0 Å². The van der Waals surface area contributed by atoms with Crippen LogP contribution in [-0.2, 0) is 4.79 Å². The van der Waals surface area contributed by atoms with E-state index in [2.05, 4.69) is 43.6 Å². The molecule has 2 heterocycles. The number of methoxy groups -OCH3 is 1. The van der Waals surface area contributed by atoms with E-state index in [1.54, 1.807) is 19.4 Å². The quantitative estimate of drug-likeness (QED) is 0.306. The van der Waals surface area contributed by atoms with Crippen molar-refractivity contribution in [2.75, 3.05) is 56.9 Å². The first-order valence-electron chi connectivity index (χ1n) is 12.1. The number of benzene rings is 2. The summed E-state index contributed by atoms with van der Waals surface area (Å²) < 4.78 is 7.73. The van der Waals surface area contributed by atoms with E-state index in [-0.39, 0.29) is 5.91 Å². The second-order valence-corrected chi connectivity index (χ2v) is 8.89. The van der Waals surface area contributed by atoms with Gasteiger partial charge < -0.3 is 29.7 Å². The summed E-state index contributed by atoms with van der Waals surface area (Å²) in [7, 11) is 7.66. The van der Waals surface area contributed by atoms with E-state index in [1.165, 1.54) is 6.08 Å². The SMILES string of the molecule is C/C=C/C(=O)Nc1cc(Nc2nccc(-n3ccc4ccccc43)n2)c(OC)cc1N(C)CCN(C)C. The van der Waals surface area contributed by atoms with Crippen molar-refractivity contribution in [3.63, 3.8) is 0 Å². The number of anilines is 4. The molecule has 4 aromatic rings. The molecule has 2 N–H and O–H groups in total. The van der Waals surface area contributed by atoms with Gasteiger partial charge >= 0.3 is 0 Å². The van der Waals surface area contributed by atoms with Crippen molar-refractivity contribution in [2.45, 2.75) is 6.92 Å². The van der Waals surface area contributed by atoms with Gasteiger partial charge in [-0.2, -0.15) is 4.98 Å². The van der Waals surface area contributed by atoms with Crippen molar-refractivity contribution in [3.8, 4) is 11.6 Å². The Labute approximate surface area is 217 Å². The molecular formula is C28H33N7O2. The summed E-state index contributed by atoms with van der Waals surface area (Å²) in [6.07, 6.45) is 6.90. The minimum atomic E-state index is -0.210. The highest BCUT2D eigenvalue weighted by atomic mass is 16.5. The zero-order valence-corrected chi connectivity index (χ0v) is 21.9. The molecule has 0 aliphatic heterocycles. The molecule has 192 valence electrons. The van der Waals surface area contributed by atoms with Crippen LogP contribution in [-0.4, -0.2) is 66.7 Å². The molecule has 0 bridgehead atoms. The normalized spacial score (nSPS) is 11.3. The van der Waals surface area contributed by atoms with Gasteiger partial charge in [-0.3, -0.25) is 4.79 Å². The highest BCUT2D eigenvalue weighted by Gasteiger charge is 2.17. The number of carbonyl (C=O) groups excluding carboxylic acids is 1. The van der Waals surface area contributed by atoms with Crippen LogP contribution in [0.25, 0.3) is 16.7 Å². The lowest BCUT2D eigenvalue weighted by Crippen LogP contribution is -2.29. The van der Waals surface area contributed by atoms with E-state index in [0.29, 0.717) is 23.1 Å². The molecule has 37 heavy (non-hydrogen) atoms. The number of aromatic nitrogens is 3. The lowest BCUT2D eigenvalue weighted by molar-refractivity contribution is -0.111. The predicted octanol–water partition coefficient (Wildman–Crippen LogP) is 4.69. The van der Waals surface area contributed by atoms with Gasteiger partial charge in [-0.1, -0.05) is 24.3 Å². The van der Waals surface area contributed by atoms with Crippen LogP contribution in [0.4, 0.5) is 23.0 Å². The third-order valence-electron chi connectivity index (χ3n) is 5.92. The fraction of sp³-hybridized carbons (Fsp3) is 0.250. The first-order valence-corrected chi connectivity index (χ1v) is 12.1. The van der Waals surface area contributed by atoms with Crippen LogP contribution in [0, 0.1) is 0 Å². The Bertz CT molecular complexity index is 1410. The Morgan fingerprint density at radius 3 is 2.65 bits per heavy atom. The van der Waals surface area contributed by atoms with Gasteiger partial charge in [0.25, 0.3) is 0 Å². The van der Waals surface area contributed by atoms with Gasteiger partial charge in [0.2, 0.25) is 11.9 Å². The highest BCUT2D eigenvalue weighted by Crippen LogP contribution is 2.38. The van der Waals surface area contributed by atoms with Gasteiger partial charge in [-0.25, -0.2) is 4.98 Å². The Morgan fingerprint density at radius 2 is 1.89 bits per heavy atom. The van der Waals surface area contributed by atoms with Crippen molar-refractivity contribution >= 4 is 39.8 Å². The maximum Gasteiger partial charge on any atom is 0.248 e. The van der Waals surface area contributed by atoms with Gasteiger partial charge in [-0.05, 0) is 56.7 Å². The van der Waals surface area contributed by atoms with Crippen molar-refractivity contribution in [1.82, 2.24) is 19.4 Å². The maximum absolute atomic E-state index is 12.5. The molecular weight excluding hydrogens is 466 g/mol. The average Bonchev–Trinajstić information content (AvgIpc) is 3.32. The summed E-state index contributed by atoms with van der Waals surface area (Å²) in [5.74, 6) is 1.54. The Balaban J connectivity index is 1.69. The van der Waals surface area contributed by atoms with Crippen LogP contribution in [0.15, 0.2) is 73.1 Å². The Morgan fingerprint density at radius 1 is 1.08 bits per heavy atom. The van der Waals surface area contributed by atoms with Gasteiger partial charge in [0.05, 0.1) is 29.7 Å². The van der Waals surface area contributed by atoms with Crippen LogP contribution in [0.2, 0.25) is 0 Å². The standard InChI is InChI=1S/C28H33N7O2/c1-6-9-27(36)30-21-18-22(25(37-5)19-24(21)34(4)17-16-33(2)3)31-28-29-14-12-26(32-28)35-15-13-20-10-7-8-11-23(20)35/h6-15,18-19H,16-17H2,1-5H3,(H,30,36)(H,29,31,32)/b9-6+. The average molecular weight is 500 g/mol. The fourth-order valence-electron chi connectivity index (χ4n) is 3.99. The summed E-state index contributed by atoms with van der Waals surface area (Å²) in [6, 6.07) is 15.8. The molecule has 4 rings (SSSR count). The molecule has 0 radical (unpaired) electrons. The molecule has 2 aromatic heterocycles. The van der Waals surface area contributed by atoms with E-state index in [9.17, 15) is 4.79 Å². The maximum atomic E-state index is 12.5. The molecule has 0 aliphatic carbocycles. The number of hydrogen-bond acceptors (Lipinski definition) is 7. The zero-order valence-electron chi connectivity index (χ0n) is 21.9. The van der Waals surface area contributed by atoms with E-state index in [0.717, 1.165) is 35.5 Å². The summed E-state index contributed by atoms with van der Waals surface area (Å²) in [5, 5.41) is 7.40. The number of carbonyl (C=O) groups is 1. The number of likely N-dealkylation sites (N-methyl/N-ethyl adjacent to an activating group) is 2. The van der Waals surface area contributed by atoms with Crippen molar-refractivity contribution in [3.05, 3.63) is 73.1 Å². The molecule has 0 saturated heterocycles. The van der Waals surface area contributed by atoms with Crippen LogP contribution in [0.5, 0.6) is 5.75 Å². The van der Waals surface area contributed by atoms with Crippen LogP contribution in [0.3, 0.4) is 0 Å². The number of allylic oxidation sites excluding steroid dienone is 1. The third-order valence-corrected chi connectivity index (χ3v) is 5.92. The fourth-order valence-corrected chi connectivity index (χ4v) is 3.99. The predicted molar refractivity (Wildman–Crippen MR) is 150 cm³/mol. The van der Waals surface area contributed by atoms with Crippen molar-refractivity contribution in [1.29, 1.82) is 0 Å². The number of ether oxygens (including phenoxy) is 1. The first kappa shape index (κ1) is 25.7. The number of nitrogens with zero attached hydrogens (tertiary/aromatic N) is 5. The minimum absolute atomic E-state index is 0.210. The third kappa shape index (κ3) is 6.07. The number of nitrogens with one attached hydrogen (secondary N) is 2. The number of hydrogen-bond donors (Lipinski definition) is 2. The first-order chi connectivity index (χ1) is 17.9. The molecule has 2 aromatic carbocycles. The molecule has 9 heteroatoms. The lowest BCUT2D eigenvalue weighted by Gasteiger charge is -2.26. The van der Waals surface area contributed by atoms with Gasteiger partial charge in [0.1, 0.15) is 11.6 Å². The van der Waals surface area contributed by atoms with E-state index in [4.69, 9.17) is 9.72 Å². The summed E-state index contributed by atoms with van der Waals surface area (Å²) >= 11 is 0. The summed E-state index contributed by atoms with van der Waals surface area (Å²) in [6.45, 7) is 3.43. The van der Waals surface area contributed by atoms with Crippen LogP contribution in [0.1, 0.15) is 6.92 Å². The molecule has 0 saturated carbocycles. The molecule has 0 atom stereocenters. The second kappa shape index (κ2) is 11.6. The number of amides is 1. The number of rotatable bonds is 10.